The van der Waals surface area contributed by atoms with Crippen molar-refractivity contribution >= 4 is 20.1 Å². The number of carbonyl (C=O) groups is 2. The van der Waals surface area contributed by atoms with Crippen LogP contribution in [0.15, 0.2) is 79.1 Å². The van der Waals surface area contributed by atoms with Crippen LogP contribution in [-0.2, 0) is 27.4 Å². The molecule has 4 aromatic rings. The van der Waals surface area contributed by atoms with Crippen molar-refractivity contribution in [3.63, 3.8) is 0 Å². The number of aromatic nitrogens is 3. The van der Waals surface area contributed by atoms with E-state index in [9.17, 15) is 14.7 Å². The number of fused-ring (bicyclic) bond motifs is 3. The Kier molecular flexibility index (Phi) is 8.84. The number of aliphatic carboxylic acids is 1. The van der Waals surface area contributed by atoms with Gasteiger partial charge in [-0.05, 0) is 33.9 Å². The summed E-state index contributed by atoms with van der Waals surface area (Å²) in [7, 11) is -1.17. The van der Waals surface area contributed by atoms with Crippen LogP contribution in [0.25, 0.3) is 22.5 Å². The van der Waals surface area contributed by atoms with E-state index in [2.05, 4.69) is 47.3 Å². The lowest BCUT2D eigenvalue weighted by Crippen LogP contribution is -2.42. The molecule has 1 heterocycles. The number of hydrogen-bond donors (Lipinski definition) is 2. The number of ether oxygens (including phenoxy) is 2. The normalized spacial score (nSPS) is 13.3. The number of rotatable bonds is 12. The van der Waals surface area contributed by atoms with E-state index in [-0.39, 0.29) is 18.9 Å². The van der Waals surface area contributed by atoms with Crippen LogP contribution >= 0.6 is 0 Å². The zero-order valence-corrected chi connectivity index (χ0v) is 25.1. The average molecular weight is 585 g/mol. The lowest BCUT2D eigenvalue weighted by Gasteiger charge is -2.18. The Hall–Kier alpha value is -4.28. The highest BCUT2D eigenvalue weighted by Gasteiger charge is 2.30. The number of carboxylic acids is 1. The number of alkyl carbamates (subject to hydrolysis) is 1. The molecule has 1 atom stereocenters. The number of hydrogen-bond acceptors (Lipinski definition) is 6. The molecular weight excluding hydrogens is 548 g/mol. The topological polar surface area (TPSA) is 116 Å². The van der Waals surface area contributed by atoms with E-state index in [1.807, 2.05) is 65.2 Å². The molecule has 0 radical (unpaired) electrons. The molecule has 9 nitrogen and oxygen atoms in total. The summed E-state index contributed by atoms with van der Waals surface area (Å²) in [5, 5.41) is 20.6. The number of amides is 1. The quantitative estimate of drug-likeness (QED) is 0.160. The fourth-order valence-electron chi connectivity index (χ4n) is 5.12. The van der Waals surface area contributed by atoms with Crippen molar-refractivity contribution in [2.45, 2.75) is 50.8 Å². The predicted molar refractivity (Wildman–Crippen MR) is 163 cm³/mol. The van der Waals surface area contributed by atoms with Crippen LogP contribution in [0.3, 0.4) is 0 Å². The van der Waals surface area contributed by atoms with Gasteiger partial charge in [0.15, 0.2) is 5.82 Å². The number of carboxylic acid groups (broad SMARTS) is 1. The van der Waals surface area contributed by atoms with Crippen LogP contribution < -0.4 is 5.32 Å². The molecule has 0 spiro atoms. The zero-order chi connectivity index (χ0) is 29.7. The second-order valence-corrected chi connectivity index (χ2v) is 17.4. The van der Waals surface area contributed by atoms with Gasteiger partial charge < -0.3 is 19.9 Å². The van der Waals surface area contributed by atoms with Crippen molar-refractivity contribution in [1.29, 1.82) is 0 Å². The minimum absolute atomic E-state index is 0.103. The zero-order valence-electron chi connectivity index (χ0n) is 24.1. The molecule has 1 aliphatic carbocycles. The van der Waals surface area contributed by atoms with E-state index >= 15 is 0 Å². The van der Waals surface area contributed by atoms with Crippen LogP contribution in [-0.4, -0.2) is 59.3 Å². The summed E-state index contributed by atoms with van der Waals surface area (Å²) in [5.74, 6) is -0.573. The molecule has 3 aromatic carbocycles. The summed E-state index contributed by atoms with van der Waals surface area (Å²) < 4.78 is 13.2. The molecule has 0 saturated carbocycles. The van der Waals surface area contributed by atoms with E-state index in [4.69, 9.17) is 9.47 Å². The highest BCUT2D eigenvalue weighted by Crippen LogP contribution is 2.44. The summed E-state index contributed by atoms with van der Waals surface area (Å²) >= 11 is 0. The van der Waals surface area contributed by atoms with Crippen LogP contribution in [0.1, 0.15) is 22.6 Å². The maximum absolute atomic E-state index is 12.7. The van der Waals surface area contributed by atoms with Crippen LogP contribution in [0.2, 0.25) is 25.7 Å². The van der Waals surface area contributed by atoms with Gasteiger partial charge in [-0.1, -0.05) is 92.4 Å². The molecule has 5 rings (SSSR count). The average Bonchev–Trinajstić information content (AvgIpc) is 3.56. The van der Waals surface area contributed by atoms with Crippen LogP contribution in [0.4, 0.5) is 4.79 Å². The van der Waals surface area contributed by atoms with Gasteiger partial charge >= 0.3 is 12.1 Å². The second-order valence-electron chi connectivity index (χ2n) is 11.7. The van der Waals surface area contributed by atoms with Crippen molar-refractivity contribution in [2.24, 2.45) is 0 Å². The van der Waals surface area contributed by atoms with Gasteiger partial charge in [0.1, 0.15) is 25.7 Å². The number of nitrogens with zero attached hydrogens (tertiary/aromatic N) is 3. The lowest BCUT2D eigenvalue weighted by atomic mass is 9.98. The monoisotopic (exact) mass is 584 g/mol. The molecule has 0 saturated heterocycles. The Morgan fingerprint density at radius 1 is 0.976 bits per heavy atom. The first-order valence-electron chi connectivity index (χ1n) is 14.1. The van der Waals surface area contributed by atoms with Gasteiger partial charge in [0.25, 0.3) is 0 Å². The molecular formula is C32H36N4O5Si. The van der Waals surface area contributed by atoms with Gasteiger partial charge in [-0.2, -0.15) is 0 Å². The molecule has 10 heteroatoms. The summed E-state index contributed by atoms with van der Waals surface area (Å²) in [6.07, 6.45) is 0.978. The standard InChI is InChI=1S/C32H36N4O5Si/c1-42(2,3)17-16-40-21-36-20-33-35-30(36)23-14-12-22(13-15-23)18-29(31(37)38)34-32(39)41-19-28-26-10-6-4-8-24(26)25-9-5-7-11-27(25)28/h4-15,20,28-29H,16-19,21H2,1-3H3,(H,34,39)(H,37,38)/t29-/m0/s1. The third-order valence-corrected chi connectivity index (χ3v) is 9.13. The number of carbonyl (C=O) groups excluding carboxylic acids is 1. The van der Waals surface area contributed by atoms with E-state index in [0.717, 1.165) is 39.4 Å². The van der Waals surface area contributed by atoms with Crippen molar-refractivity contribution in [1.82, 2.24) is 20.1 Å². The molecule has 218 valence electrons. The molecule has 0 unspecified atom stereocenters. The van der Waals surface area contributed by atoms with E-state index < -0.39 is 26.2 Å². The van der Waals surface area contributed by atoms with Crippen molar-refractivity contribution in [3.8, 4) is 22.5 Å². The van der Waals surface area contributed by atoms with Crippen LogP contribution in [0, 0.1) is 0 Å². The Morgan fingerprint density at radius 2 is 1.62 bits per heavy atom. The molecule has 1 aliphatic rings. The molecule has 2 N–H and O–H groups in total. The Balaban J connectivity index is 1.17. The largest absolute Gasteiger partial charge is 0.480 e. The van der Waals surface area contributed by atoms with Gasteiger partial charge in [0, 0.05) is 32.6 Å². The summed E-state index contributed by atoms with van der Waals surface area (Å²) in [5.41, 5.74) is 6.03. The molecule has 0 aliphatic heterocycles. The third kappa shape index (κ3) is 6.95. The Morgan fingerprint density at radius 3 is 2.24 bits per heavy atom. The predicted octanol–water partition coefficient (Wildman–Crippen LogP) is 5.79. The van der Waals surface area contributed by atoms with Gasteiger partial charge in [0.2, 0.25) is 0 Å². The Labute approximate surface area is 246 Å². The third-order valence-electron chi connectivity index (χ3n) is 7.43. The maximum Gasteiger partial charge on any atom is 0.407 e. The first-order valence-corrected chi connectivity index (χ1v) is 17.8. The van der Waals surface area contributed by atoms with Crippen molar-refractivity contribution < 1.29 is 24.2 Å². The Bertz CT molecular complexity index is 1500. The van der Waals surface area contributed by atoms with Gasteiger partial charge in [-0.15, -0.1) is 10.2 Å². The van der Waals surface area contributed by atoms with E-state index in [0.29, 0.717) is 19.2 Å². The smallest absolute Gasteiger partial charge is 0.407 e. The SMILES string of the molecule is C[Si](C)(C)CCOCn1cnnc1-c1ccc(C[C@H](NC(=O)OCC2c3ccccc3-c3ccccc32)C(=O)O)cc1. The maximum atomic E-state index is 12.7. The number of nitrogens with one attached hydrogen (secondary N) is 1. The summed E-state index contributed by atoms with van der Waals surface area (Å²) in [6.45, 7) is 8.10. The molecule has 0 bridgehead atoms. The fourth-order valence-corrected chi connectivity index (χ4v) is 5.88. The van der Waals surface area contributed by atoms with E-state index in [1.54, 1.807) is 6.33 Å². The van der Waals surface area contributed by atoms with Crippen LogP contribution in [0.5, 0.6) is 0 Å². The summed E-state index contributed by atoms with van der Waals surface area (Å²) in [6, 6.07) is 23.4. The molecule has 42 heavy (non-hydrogen) atoms. The van der Waals surface area contributed by atoms with Crippen molar-refractivity contribution in [3.05, 3.63) is 95.8 Å². The first kappa shape index (κ1) is 29.2. The van der Waals surface area contributed by atoms with Crippen molar-refractivity contribution in [2.75, 3.05) is 13.2 Å². The second kappa shape index (κ2) is 12.7. The number of benzene rings is 3. The molecule has 0 fully saturated rings. The highest BCUT2D eigenvalue weighted by atomic mass is 28.3. The molecule has 1 aromatic heterocycles. The van der Waals surface area contributed by atoms with Gasteiger partial charge in [-0.25, -0.2) is 9.59 Å². The van der Waals surface area contributed by atoms with Gasteiger partial charge in [-0.3, -0.25) is 4.57 Å². The highest BCUT2D eigenvalue weighted by molar-refractivity contribution is 6.76. The first-order chi connectivity index (χ1) is 20.2. The minimum atomic E-state index is -1.17. The van der Waals surface area contributed by atoms with Gasteiger partial charge in [0.05, 0.1) is 0 Å². The fraction of sp³-hybridized carbons (Fsp3) is 0.312. The molecule has 1 amide bonds. The minimum Gasteiger partial charge on any atom is -0.480 e. The summed E-state index contributed by atoms with van der Waals surface area (Å²) in [4.78, 5) is 24.7. The lowest BCUT2D eigenvalue weighted by molar-refractivity contribution is -0.139. The van der Waals surface area contributed by atoms with E-state index in [1.165, 1.54) is 0 Å².